The van der Waals surface area contributed by atoms with Gasteiger partial charge in [0.05, 0.1) is 19.7 Å². The van der Waals surface area contributed by atoms with Crippen LogP contribution in [0.15, 0.2) is 12.1 Å². The number of rotatable bonds is 4. The zero-order valence-corrected chi connectivity index (χ0v) is 12.4. The van der Waals surface area contributed by atoms with Gasteiger partial charge in [0.2, 0.25) is 0 Å². The predicted molar refractivity (Wildman–Crippen MR) is 77.1 cm³/mol. The Morgan fingerprint density at radius 3 is 2.35 bits per heavy atom. The van der Waals surface area contributed by atoms with Gasteiger partial charge in [0.25, 0.3) is 0 Å². The van der Waals surface area contributed by atoms with Gasteiger partial charge in [-0.25, -0.2) is 4.79 Å². The van der Waals surface area contributed by atoms with Crippen molar-refractivity contribution in [1.29, 1.82) is 0 Å². The fraction of sp³-hybridized carbons (Fsp3) is 0.400. The summed E-state index contributed by atoms with van der Waals surface area (Å²) < 4.78 is 12.5. The van der Waals surface area contributed by atoms with E-state index in [0.717, 1.165) is 16.5 Å². The van der Waals surface area contributed by atoms with Gasteiger partial charge >= 0.3 is 5.97 Å². The van der Waals surface area contributed by atoms with Crippen molar-refractivity contribution < 1.29 is 19.4 Å². The van der Waals surface area contributed by atoms with Crippen LogP contribution in [0, 0.1) is 6.92 Å². The summed E-state index contributed by atoms with van der Waals surface area (Å²) in [6.07, 6.45) is 0. The molecule has 1 aromatic heterocycles. The van der Waals surface area contributed by atoms with Crippen LogP contribution in [-0.4, -0.2) is 29.9 Å². The van der Waals surface area contributed by atoms with Crippen LogP contribution < -0.4 is 9.47 Å². The average molecular weight is 277 g/mol. The van der Waals surface area contributed by atoms with E-state index in [0.29, 0.717) is 17.2 Å². The molecule has 0 fully saturated rings. The third kappa shape index (κ3) is 1.99. The average Bonchev–Trinajstić information content (AvgIpc) is 2.71. The Morgan fingerprint density at radius 2 is 1.90 bits per heavy atom. The third-order valence-corrected chi connectivity index (χ3v) is 3.46. The number of benzene rings is 1. The molecule has 0 spiro atoms. The first-order chi connectivity index (χ1) is 9.42. The first-order valence-electron chi connectivity index (χ1n) is 6.42. The van der Waals surface area contributed by atoms with Gasteiger partial charge in [-0.1, -0.05) is 0 Å². The quantitative estimate of drug-likeness (QED) is 0.932. The van der Waals surface area contributed by atoms with E-state index in [1.54, 1.807) is 24.9 Å². The van der Waals surface area contributed by atoms with Gasteiger partial charge in [-0.2, -0.15) is 0 Å². The van der Waals surface area contributed by atoms with Crippen LogP contribution in [-0.2, 0) is 0 Å². The Kier molecular flexibility index (Phi) is 3.61. The van der Waals surface area contributed by atoms with Crippen molar-refractivity contribution >= 4 is 16.9 Å². The lowest BCUT2D eigenvalue weighted by molar-refractivity contribution is 0.0683. The minimum absolute atomic E-state index is 0.0135. The van der Waals surface area contributed by atoms with Crippen LogP contribution in [0.5, 0.6) is 11.5 Å². The van der Waals surface area contributed by atoms with Crippen molar-refractivity contribution in [3.8, 4) is 11.5 Å². The Labute approximate surface area is 117 Å². The summed E-state index contributed by atoms with van der Waals surface area (Å²) in [6, 6.07) is 3.63. The molecule has 108 valence electrons. The van der Waals surface area contributed by atoms with Crippen LogP contribution in [0.2, 0.25) is 0 Å². The number of carbonyl (C=O) groups is 1. The number of methoxy groups -OCH3 is 2. The number of fused-ring (bicyclic) bond motifs is 1. The molecule has 1 N–H and O–H groups in total. The number of aryl methyl sites for hydroxylation is 1. The Bertz CT molecular complexity index is 670. The van der Waals surface area contributed by atoms with E-state index in [1.165, 1.54) is 0 Å². The van der Waals surface area contributed by atoms with E-state index in [2.05, 4.69) is 0 Å². The maximum absolute atomic E-state index is 11.6. The highest BCUT2D eigenvalue weighted by Gasteiger charge is 2.24. The lowest BCUT2D eigenvalue weighted by Crippen LogP contribution is -2.11. The second kappa shape index (κ2) is 5.07. The van der Waals surface area contributed by atoms with Gasteiger partial charge < -0.3 is 19.1 Å². The summed E-state index contributed by atoms with van der Waals surface area (Å²) in [5, 5.41) is 10.3. The van der Waals surface area contributed by atoms with Crippen LogP contribution >= 0.6 is 0 Å². The molecule has 0 aliphatic heterocycles. The number of ether oxygens (including phenoxy) is 2. The molecule has 0 saturated carbocycles. The molecule has 0 radical (unpaired) electrons. The summed E-state index contributed by atoms with van der Waals surface area (Å²) in [5.41, 5.74) is 1.80. The second-order valence-corrected chi connectivity index (χ2v) is 4.97. The van der Waals surface area contributed by atoms with Crippen LogP contribution in [0.25, 0.3) is 10.9 Å². The maximum atomic E-state index is 11.6. The number of carboxylic acids is 1. The summed E-state index contributed by atoms with van der Waals surface area (Å²) >= 11 is 0. The number of carboxylic acid groups (broad SMARTS) is 1. The van der Waals surface area contributed by atoms with Crippen molar-refractivity contribution in [2.75, 3.05) is 14.2 Å². The van der Waals surface area contributed by atoms with E-state index in [9.17, 15) is 9.90 Å². The normalized spacial score (nSPS) is 11.1. The predicted octanol–water partition coefficient (Wildman–Crippen LogP) is 3.25. The summed E-state index contributed by atoms with van der Waals surface area (Å²) in [7, 11) is 3.15. The molecule has 0 aliphatic carbocycles. The standard InChI is InChI=1S/C15H19NO4/c1-8(2)16-13(15(17)18)9(3)11-6-10(19-4)7-12(20-5)14(11)16/h6-8H,1-5H3,(H,17,18). The van der Waals surface area contributed by atoms with Gasteiger partial charge in [0.1, 0.15) is 17.2 Å². The minimum Gasteiger partial charge on any atom is -0.497 e. The maximum Gasteiger partial charge on any atom is 0.352 e. The molecule has 1 aromatic carbocycles. The van der Waals surface area contributed by atoms with Gasteiger partial charge in [-0.3, -0.25) is 0 Å². The van der Waals surface area contributed by atoms with E-state index in [4.69, 9.17) is 9.47 Å². The SMILES string of the molecule is COc1cc(OC)c2c(c1)c(C)c(C(=O)O)n2C(C)C. The molecule has 5 nitrogen and oxygen atoms in total. The lowest BCUT2D eigenvalue weighted by Gasteiger charge is -2.15. The number of hydrogen-bond donors (Lipinski definition) is 1. The highest BCUT2D eigenvalue weighted by molar-refractivity contribution is 6.01. The zero-order chi connectivity index (χ0) is 15.0. The largest absolute Gasteiger partial charge is 0.497 e. The van der Waals surface area contributed by atoms with Crippen molar-refractivity contribution in [1.82, 2.24) is 4.57 Å². The molecule has 5 heteroatoms. The van der Waals surface area contributed by atoms with Crippen LogP contribution in [0.3, 0.4) is 0 Å². The monoisotopic (exact) mass is 277 g/mol. The first-order valence-corrected chi connectivity index (χ1v) is 6.42. The van der Waals surface area contributed by atoms with Crippen molar-refractivity contribution in [2.45, 2.75) is 26.8 Å². The van der Waals surface area contributed by atoms with E-state index < -0.39 is 5.97 Å². The summed E-state index contributed by atoms with van der Waals surface area (Å²) in [4.78, 5) is 11.6. The second-order valence-electron chi connectivity index (χ2n) is 4.97. The van der Waals surface area contributed by atoms with Crippen molar-refractivity contribution in [3.05, 3.63) is 23.4 Å². The molecule has 0 atom stereocenters. The molecule has 0 bridgehead atoms. The van der Waals surface area contributed by atoms with E-state index >= 15 is 0 Å². The molecule has 0 saturated heterocycles. The minimum atomic E-state index is -0.937. The molecule has 2 rings (SSSR count). The summed E-state index contributed by atoms with van der Waals surface area (Å²) in [5.74, 6) is 0.326. The highest BCUT2D eigenvalue weighted by Crippen LogP contribution is 2.38. The van der Waals surface area contributed by atoms with E-state index in [1.807, 2.05) is 26.8 Å². The third-order valence-electron chi connectivity index (χ3n) is 3.46. The number of hydrogen-bond acceptors (Lipinski definition) is 3. The topological polar surface area (TPSA) is 60.7 Å². The van der Waals surface area contributed by atoms with Gasteiger partial charge in [-0.05, 0) is 32.4 Å². The fourth-order valence-electron chi connectivity index (χ4n) is 2.59. The van der Waals surface area contributed by atoms with Crippen molar-refractivity contribution in [2.24, 2.45) is 0 Å². The van der Waals surface area contributed by atoms with Crippen molar-refractivity contribution in [3.63, 3.8) is 0 Å². The van der Waals surface area contributed by atoms with Crippen LogP contribution in [0.4, 0.5) is 0 Å². The molecule has 0 amide bonds. The van der Waals surface area contributed by atoms with Gasteiger partial charge in [0.15, 0.2) is 0 Å². The first kappa shape index (κ1) is 14.2. The number of aromatic carboxylic acids is 1. The summed E-state index contributed by atoms with van der Waals surface area (Å²) in [6.45, 7) is 5.72. The molecule has 20 heavy (non-hydrogen) atoms. The highest BCUT2D eigenvalue weighted by atomic mass is 16.5. The molecule has 1 heterocycles. The van der Waals surface area contributed by atoms with Gasteiger partial charge in [-0.15, -0.1) is 0 Å². The Hall–Kier alpha value is -2.17. The van der Waals surface area contributed by atoms with E-state index in [-0.39, 0.29) is 6.04 Å². The molecular weight excluding hydrogens is 258 g/mol. The van der Waals surface area contributed by atoms with Gasteiger partial charge in [0, 0.05) is 17.5 Å². The van der Waals surface area contributed by atoms with Crippen LogP contribution in [0.1, 0.15) is 35.9 Å². The molecule has 0 aliphatic rings. The molecular formula is C15H19NO4. The zero-order valence-electron chi connectivity index (χ0n) is 12.4. The molecule has 2 aromatic rings. The molecule has 0 unspecified atom stereocenters. The lowest BCUT2D eigenvalue weighted by atomic mass is 10.1. The fourth-order valence-corrected chi connectivity index (χ4v) is 2.59. The number of aromatic nitrogens is 1. The number of nitrogens with zero attached hydrogens (tertiary/aromatic N) is 1. The Balaban J connectivity index is 2.98. The smallest absolute Gasteiger partial charge is 0.352 e. The Morgan fingerprint density at radius 1 is 1.25 bits per heavy atom.